The highest BCUT2D eigenvalue weighted by Crippen LogP contribution is 2.29. The zero-order chi connectivity index (χ0) is 18.9. The maximum absolute atomic E-state index is 11.0. The van der Waals surface area contributed by atoms with E-state index in [1.54, 1.807) is 0 Å². The molecule has 0 saturated carbocycles. The van der Waals surface area contributed by atoms with Crippen LogP contribution in [0.2, 0.25) is 0 Å². The van der Waals surface area contributed by atoms with Gasteiger partial charge in [0.15, 0.2) is 0 Å². The fraction of sp³-hybridized carbons (Fsp3) is 0.522. The molecule has 1 saturated heterocycles. The molecular formula is C23H34O3. The standard InChI is InChI=1S/C23H34O3/c1-3-4-5-6-7-8-9-10-11-12-13-14-15-16-17-18-21-22(26-21)19-20-23(24)25-2/h4-5,7-8,10-11,13-14,16-17,21-22H,3,6,9,12,15,18-20H2,1-2H3/b5-4-,8-7-,11-10-,14-13-,17-16-. The first kappa shape index (κ1) is 22.2. The maximum Gasteiger partial charge on any atom is 0.305 e. The number of hydrogen-bond donors (Lipinski definition) is 0. The van der Waals surface area contributed by atoms with E-state index in [0.29, 0.717) is 6.42 Å². The maximum atomic E-state index is 11.0. The average Bonchev–Trinajstić information content (AvgIpc) is 3.41. The topological polar surface area (TPSA) is 38.8 Å². The third-order valence-electron chi connectivity index (χ3n) is 4.07. The predicted molar refractivity (Wildman–Crippen MR) is 109 cm³/mol. The molecule has 3 heteroatoms. The van der Waals surface area contributed by atoms with Crippen LogP contribution in [0, 0.1) is 0 Å². The second-order valence-electron chi connectivity index (χ2n) is 6.27. The highest BCUT2D eigenvalue weighted by molar-refractivity contribution is 5.69. The van der Waals surface area contributed by atoms with Crippen LogP contribution in [0.15, 0.2) is 60.8 Å². The van der Waals surface area contributed by atoms with Gasteiger partial charge in [0.1, 0.15) is 0 Å². The van der Waals surface area contributed by atoms with E-state index in [2.05, 4.69) is 72.4 Å². The van der Waals surface area contributed by atoms with Gasteiger partial charge in [-0.2, -0.15) is 0 Å². The van der Waals surface area contributed by atoms with Gasteiger partial charge in [0.25, 0.3) is 0 Å². The van der Waals surface area contributed by atoms with Crippen molar-refractivity contribution in [1.82, 2.24) is 0 Å². The van der Waals surface area contributed by atoms with Crippen molar-refractivity contribution < 1.29 is 14.3 Å². The second kappa shape index (κ2) is 15.4. The van der Waals surface area contributed by atoms with E-state index in [1.165, 1.54) is 7.11 Å². The van der Waals surface area contributed by atoms with E-state index in [9.17, 15) is 4.79 Å². The SMILES string of the molecule is CC/C=C\C/C=C\C/C=C\C/C=C\C/C=C\CC1OC1CCC(=O)OC. The van der Waals surface area contributed by atoms with Crippen LogP contribution >= 0.6 is 0 Å². The summed E-state index contributed by atoms with van der Waals surface area (Å²) >= 11 is 0. The van der Waals surface area contributed by atoms with E-state index >= 15 is 0 Å². The van der Waals surface area contributed by atoms with Crippen LogP contribution in [-0.4, -0.2) is 25.3 Å². The molecule has 0 spiro atoms. The summed E-state index contributed by atoms with van der Waals surface area (Å²) in [6.07, 6.45) is 29.7. The number of carbonyl (C=O) groups is 1. The normalized spacial score (nSPS) is 20.4. The van der Waals surface area contributed by atoms with Crippen molar-refractivity contribution in [3.05, 3.63) is 60.8 Å². The van der Waals surface area contributed by atoms with Gasteiger partial charge < -0.3 is 9.47 Å². The highest BCUT2D eigenvalue weighted by atomic mass is 16.6. The van der Waals surface area contributed by atoms with Gasteiger partial charge in [-0.1, -0.05) is 67.7 Å². The summed E-state index contributed by atoms with van der Waals surface area (Å²) in [4.78, 5) is 11.0. The molecule has 0 amide bonds. The zero-order valence-electron chi connectivity index (χ0n) is 16.3. The lowest BCUT2D eigenvalue weighted by Gasteiger charge is -1.95. The number of carbonyl (C=O) groups excluding carboxylic acids is 1. The minimum atomic E-state index is -0.158. The highest BCUT2D eigenvalue weighted by Gasteiger charge is 2.37. The molecule has 1 rings (SSSR count). The Labute approximate surface area is 159 Å². The van der Waals surface area contributed by atoms with Crippen molar-refractivity contribution in [2.45, 2.75) is 70.5 Å². The number of rotatable bonds is 14. The Hall–Kier alpha value is -1.87. The van der Waals surface area contributed by atoms with Crippen molar-refractivity contribution in [3.63, 3.8) is 0 Å². The third-order valence-corrected chi connectivity index (χ3v) is 4.07. The minimum absolute atomic E-state index is 0.158. The van der Waals surface area contributed by atoms with Gasteiger partial charge in [-0.05, 0) is 44.9 Å². The van der Waals surface area contributed by atoms with Crippen LogP contribution in [0.3, 0.4) is 0 Å². The second-order valence-corrected chi connectivity index (χ2v) is 6.27. The molecule has 1 fully saturated rings. The first-order chi connectivity index (χ1) is 12.8. The van der Waals surface area contributed by atoms with Gasteiger partial charge in [-0.25, -0.2) is 0 Å². The Morgan fingerprint density at radius 1 is 0.808 bits per heavy atom. The smallest absolute Gasteiger partial charge is 0.305 e. The lowest BCUT2D eigenvalue weighted by molar-refractivity contribution is -0.140. The quantitative estimate of drug-likeness (QED) is 0.222. The molecule has 2 unspecified atom stereocenters. The molecule has 3 nitrogen and oxygen atoms in total. The summed E-state index contributed by atoms with van der Waals surface area (Å²) in [6, 6.07) is 0. The Morgan fingerprint density at radius 2 is 1.31 bits per heavy atom. The fourth-order valence-corrected chi connectivity index (χ4v) is 2.48. The molecule has 1 aliphatic rings. The van der Waals surface area contributed by atoms with E-state index in [0.717, 1.165) is 44.9 Å². The molecule has 144 valence electrons. The lowest BCUT2D eigenvalue weighted by atomic mass is 10.1. The summed E-state index contributed by atoms with van der Waals surface area (Å²) in [5.41, 5.74) is 0. The fourth-order valence-electron chi connectivity index (χ4n) is 2.48. The first-order valence-corrected chi connectivity index (χ1v) is 9.75. The van der Waals surface area contributed by atoms with Gasteiger partial charge in [0.2, 0.25) is 0 Å². The molecule has 0 N–H and O–H groups in total. The molecule has 0 aromatic carbocycles. The molecule has 0 aromatic rings. The van der Waals surface area contributed by atoms with Crippen LogP contribution in [0.25, 0.3) is 0 Å². The summed E-state index contributed by atoms with van der Waals surface area (Å²) in [5, 5.41) is 0. The lowest BCUT2D eigenvalue weighted by Crippen LogP contribution is -2.03. The van der Waals surface area contributed by atoms with Crippen molar-refractivity contribution in [2.24, 2.45) is 0 Å². The van der Waals surface area contributed by atoms with E-state index < -0.39 is 0 Å². The minimum Gasteiger partial charge on any atom is -0.469 e. The molecule has 0 bridgehead atoms. The molecule has 0 aromatic heterocycles. The van der Waals surface area contributed by atoms with Gasteiger partial charge in [-0.15, -0.1) is 0 Å². The number of hydrogen-bond acceptors (Lipinski definition) is 3. The Kier molecular flexibility index (Phi) is 13.1. The van der Waals surface area contributed by atoms with Crippen LogP contribution in [0.4, 0.5) is 0 Å². The number of epoxide rings is 1. The molecule has 26 heavy (non-hydrogen) atoms. The monoisotopic (exact) mass is 358 g/mol. The van der Waals surface area contributed by atoms with E-state index in [-0.39, 0.29) is 18.2 Å². The first-order valence-electron chi connectivity index (χ1n) is 9.75. The molecular weight excluding hydrogens is 324 g/mol. The molecule has 1 aliphatic heterocycles. The van der Waals surface area contributed by atoms with Gasteiger partial charge in [0.05, 0.1) is 19.3 Å². The van der Waals surface area contributed by atoms with Gasteiger partial charge in [-0.3, -0.25) is 4.79 Å². The summed E-state index contributed by atoms with van der Waals surface area (Å²) in [5.74, 6) is -0.158. The van der Waals surface area contributed by atoms with Crippen LogP contribution in [0.1, 0.15) is 58.3 Å². The van der Waals surface area contributed by atoms with E-state index in [4.69, 9.17) is 4.74 Å². The summed E-state index contributed by atoms with van der Waals surface area (Å²) in [6.45, 7) is 2.15. The predicted octanol–water partition coefficient (Wildman–Crippen LogP) is 5.85. The van der Waals surface area contributed by atoms with Crippen molar-refractivity contribution in [1.29, 1.82) is 0 Å². The van der Waals surface area contributed by atoms with Crippen LogP contribution in [-0.2, 0) is 14.3 Å². The van der Waals surface area contributed by atoms with Crippen LogP contribution < -0.4 is 0 Å². The number of ether oxygens (including phenoxy) is 2. The number of methoxy groups -OCH3 is 1. The zero-order valence-corrected chi connectivity index (χ0v) is 16.3. The van der Waals surface area contributed by atoms with Crippen LogP contribution in [0.5, 0.6) is 0 Å². The van der Waals surface area contributed by atoms with Gasteiger partial charge in [0, 0.05) is 6.42 Å². The Balaban J connectivity index is 1.94. The van der Waals surface area contributed by atoms with Gasteiger partial charge >= 0.3 is 5.97 Å². The molecule has 0 aliphatic carbocycles. The Morgan fingerprint density at radius 3 is 1.81 bits per heavy atom. The molecule has 0 radical (unpaired) electrons. The molecule has 1 heterocycles. The summed E-state index contributed by atoms with van der Waals surface area (Å²) < 4.78 is 10.2. The number of allylic oxidation sites excluding steroid dienone is 9. The largest absolute Gasteiger partial charge is 0.469 e. The number of esters is 1. The van der Waals surface area contributed by atoms with Crippen molar-refractivity contribution in [2.75, 3.05) is 7.11 Å². The summed E-state index contributed by atoms with van der Waals surface area (Å²) in [7, 11) is 1.42. The van der Waals surface area contributed by atoms with E-state index in [1.807, 2.05) is 0 Å². The van der Waals surface area contributed by atoms with Crippen molar-refractivity contribution >= 4 is 5.97 Å². The van der Waals surface area contributed by atoms with Crippen molar-refractivity contribution in [3.8, 4) is 0 Å². The molecule has 2 atom stereocenters. The Bertz CT molecular complexity index is 512. The average molecular weight is 359 g/mol. The third kappa shape index (κ3) is 12.5.